The smallest absolute Gasteiger partial charge is 0.234 e. The van der Waals surface area contributed by atoms with E-state index in [2.05, 4.69) is 52.9 Å². The van der Waals surface area contributed by atoms with E-state index in [1.54, 1.807) is 12.1 Å². The minimum absolute atomic E-state index is 0.141. The van der Waals surface area contributed by atoms with Crippen LogP contribution in [0.1, 0.15) is 11.1 Å². The molecule has 0 radical (unpaired) electrons. The first-order chi connectivity index (χ1) is 13.5. The van der Waals surface area contributed by atoms with Gasteiger partial charge < -0.3 is 5.32 Å². The van der Waals surface area contributed by atoms with Crippen LogP contribution >= 0.6 is 34.7 Å². The normalized spacial score (nSPS) is 11.1. The molecule has 0 aliphatic rings. The predicted octanol–water partition coefficient (Wildman–Crippen LogP) is 5.46. The Morgan fingerprint density at radius 3 is 2.79 bits per heavy atom. The van der Waals surface area contributed by atoms with Gasteiger partial charge in [0.05, 0.1) is 22.2 Å². The van der Waals surface area contributed by atoms with Crippen molar-refractivity contribution in [2.24, 2.45) is 0 Å². The summed E-state index contributed by atoms with van der Waals surface area (Å²) in [7, 11) is 0. The molecule has 28 heavy (non-hydrogen) atoms. The van der Waals surface area contributed by atoms with Crippen LogP contribution in [-0.2, 0) is 4.79 Å². The third-order valence-corrected chi connectivity index (χ3v) is 6.48. The van der Waals surface area contributed by atoms with Crippen molar-refractivity contribution in [2.45, 2.75) is 19.0 Å². The standard InChI is InChI=1S/C20H17ClN4OS2/c1-12-7-8-14(9-13(12)2)17-10-27-19-23-24-20(25(17)19)28-11-18(26)22-16-6-4-3-5-15(16)21/h3-10H,11H2,1-2H3,(H,22,26). The number of rotatable bonds is 5. The van der Waals surface area contributed by atoms with E-state index >= 15 is 0 Å². The van der Waals surface area contributed by atoms with Gasteiger partial charge in [0.15, 0.2) is 5.16 Å². The van der Waals surface area contributed by atoms with Gasteiger partial charge in [-0.2, -0.15) is 0 Å². The van der Waals surface area contributed by atoms with Crippen molar-refractivity contribution in [3.05, 3.63) is 64.0 Å². The number of fused-ring (bicyclic) bond motifs is 1. The number of halogens is 1. The van der Waals surface area contributed by atoms with Gasteiger partial charge in [-0.1, -0.05) is 47.6 Å². The molecule has 142 valence electrons. The summed E-state index contributed by atoms with van der Waals surface area (Å²) < 4.78 is 2.00. The first kappa shape index (κ1) is 19.0. The zero-order valence-corrected chi connectivity index (χ0v) is 17.7. The summed E-state index contributed by atoms with van der Waals surface area (Å²) >= 11 is 8.99. The number of thioether (sulfide) groups is 1. The lowest BCUT2D eigenvalue weighted by atomic mass is 10.1. The largest absolute Gasteiger partial charge is 0.324 e. The molecule has 1 N–H and O–H groups in total. The summed E-state index contributed by atoms with van der Waals surface area (Å²) in [5.41, 5.74) is 5.23. The second-order valence-electron chi connectivity index (χ2n) is 6.34. The Morgan fingerprint density at radius 1 is 1.18 bits per heavy atom. The van der Waals surface area contributed by atoms with Gasteiger partial charge >= 0.3 is 0 Å². The number of carbonyl (C=O) groups excluding carboxylic acids is 1. The molecule has 0 atom stereocenters. The number of carbonyl (C=O) groups is 1. The quantitative estimate of drug-likeness (QED) is 0.429. The summed E-state index contributed by atoms with van der Waals surface area (Å²) in [6, 6.07) is 13.5. The van der Waals surface area contributed by atoms with E-state index in [1.807, 2.05) is 16.5 Å². The van der Waals surface area contributed by atoms with Crippen LogP contribution in [0.4, 0.5) is 5.69 Å². The monoisotopic (exact) mass is 428 g/mol. The maximum absolute atomic E-state index is 12.3. The molecule has 0 saturated heterocycles. The van der Waals surface area contributed by atoms with Gasteiger partial charge in [-0.05, 0) is 48.7 Å². The zero-order chi connectivity index (χ0) is 19.7. The van der Waals surface area contributed by atoms with Crippen LogP contribution in [0.25, 0.3) is 16.2 Å². The van der Waals surface area contributed by atoms with Gasteiger partial charge in [0.25, 0.3) is 0 Å². The Kier molecular flexibility index (Phi) is 5.39. The van der Waals surface area contributed by atoms with E-state index < -0.39 is 0 Å². The van der Waals surface area contributed by atoms with Crippen molar-refractivity contribution in [3.63, 3.8) is 0 Å². The first-order valence-corrected chi connectivity index (χ1v) is 10.8. The fraction of sp³-hybridized carbons (Fsp3) is 0.150. The van der Waals surface area contributed by atoms with Gasteiger partial charge in [-0.3, -0.25) is 9.20 Å². The lowest BCUT2D eigenvalue weighted by Gasteiger charge is -2.07. The molecule has 0 fully saturated rings. The van der Waals surface area contributed by atoms with Crippen LogP contribution in [-0.4, -0.2) is 26.3 Å². The lowest BCUT2D eigenvalue weighted by Crippen LogP contribution is -2.14. The summed E-state index contributed by atoms with van der Waals surface area (Å²) in [5, 5.41) is 14.6. The molecule has 1 amide bonds. The number of hydrogen-bond acceptors (Lipinski definition) is 5. The number of anilines is 1. The number of nitrogens with one attached hydrogen (secondary N) is 1. The van der Waals surface area contributed by atoms with Gasteiger partial charge in [-0.25, -0.2) is 0 Å². The molecular weight excluding hydrogens is 412 g/mol. The molecule has 4 rings (SSSR count). The number of thiazole rings is 1. The molecule has 0 aliphatic heterocycles. The second kappa shape index (κ2) is 7.95. The molecule has 2 heterocycles. The Bertz CT molecular complexity index is 1170. The van der Waals surface area contributed by atoms with Crippen molar-refractivity contribution in [1.82, 2.24) is 14.6 Å². The third kappa shape index (κ3) is 3.78. The zero-order valence-electron chi connectivity index (χ0n) is 15.3. The van der Waals surface area contributed by atoms with Crippen LogP contribution in [0.3, 0.4) is 0 Å². The van der Waals surface area contributed by atoms with Gasteiger partial charge in [0.2, 0.25) is 10.9 Å². The molecule has 0 bridgehead atoms. The van der Waals surface area contributed by atoms with E-state index in [0.29, 0.717) is 15.9 Å². The highest BCUT2D eigenvalue weighted by atomic mass is 35.5. The molecule has 0 unspecified atom stereocenters. The Morgan fingerprint density at radius 2 is 2.00 bits per heavy atom. The Labute approximate surface area is 175 Å². The Hall–Kier alpha value is -2.35. The van der Waals surface area contributed by atoms with Crippen molar-refractivity contribution in [2.75, 3.05) is 11.1 Å². The van der Waals surface area contributed by atoms with Crippen molar-refractivity contribution in [1.29, 1.82) is 0 Å². The molecule has 5 nitrogen and oxygen atoms in total. The van der Waals surface area contributed by atoms with E-state index in [4.69, 9.17) is 11.6 Å². The molecule has 2 aromatic carbocycles. The van der Waals surface area contributed by atoms with Crippen molar-refractivity contribution < 1.29 is 4.79 Å². The number of aryl methyl sites for hydroxylation is 2. The average Bonchev–Trinajstić information content (AvgIpc) is 3.27. The summed E-state index contributed by atoms with van der Waals surface area (Å²) in [6.45, 7) is 4.20. The Balaban J connectivity index is 1.55. The number of amides is 1. The lowest BCUT2D eigenvalue weighted by molar-refractivity contribution is -0.113. The van der Waals surface area contributed by atoms with Gasteiger partial charge in [0, 0.05) is 5.38 Å². The molecule has 8 heteroatoms. The number of para-hydroxylation sites is 1. The highest BCUT2D eigenvalue weighted by Crippen LogP contribution is 2.31. The highest BCUT2D eigenvalue weighted by molar-refractivity contribution is 7.99. The topological polar surface area (TPSA) is 59.3 Å². The summed E-state index contributed by atoms with van der Waals surface area (Å²) in [5.74, 6) is 0.0756. The minimum atomic E-state index is -0.141. The third-order valence-electron chi connectivity index (χ3n) is 4.40. The molecule has 4 aromatic rings. The maximum atomic E-state index is 12.3. The summed E-state index contributed by atoms with van der Waals surface area (Å²) in [4.78, 5) is 13.1. The molecule has 0 saturated carbocycles. The van der Waals surface area contributed by atoms with E-state index in [1.165, 1.54) is 34.2 Å². The van der Waals surface area contributed by atoms with E-state index in [0.717, 1.165) is 16.2 Å². The molecule has 0 spiro atoms. The molecule has 0 aliphatic carbocycles. The van der Waals surface area contributed by atoms with Gasteiger partial charge in [0.1, 0.15) is 0 Å². The maximum Gasteiger partial charge on any atom is 0.234 e. The van der Waals surface area contributed by atoms with E-state index in [-0.39, 0.29) is 11.7 Å². The number of aromatic nitrogens is 3. The number of benzene rings is 2. The van der Waals surface area contributed by atoms with Crippen LogP contribution in [0, 0.1) is 13.8 Å². The van der Waals surface area contributed by atoms with Crippen LogP contribution in [0.15, 0.2) is 53.0 Å². The van der Waals surface area contributed by atoms with E-state index in [9.17, 15) is 4.79 Å². The number of hydrogen-bond donors (Lipinski definition) is 1. The molecular formula is C20H17ClN4OS2. The van der Waals surface area contributed by atoms with Crippen LogP contribution < -0.4 is 5.32 Å². The number of nitrogens with zero attached hydrogens (tertiary/aromatic N) is 3. The molecule has 2 aromatic heterocycles. The fourth-order valence-corrected chi connectivity index (χ4v) is 4.59. The predicted molar refractivity (Wildman–Crippen MR) is 117 cm³/mol. The van der Waals surface area contributed by atoms with Gasteiger partial charge in [-0.15, -0.1) is 21.5 Å². The SMILES string of the molecule is Cc1ccc(-c2csc3nnc(SCC(=O)Nc4ccccc4Cl)n23)cc1C. The first-order valence-electron chi connectivity index (χ1n) is 8.60. The van der Waals surface area contributed by atoms with Crippen LogP contribution in [0.2, 0.25) is 5.02 Å². The minimum Gasteiger partial charge on any atom is -0.324 e. The highest BCUT2D eigenvalue weighted by Gasteiger charge is 2.16. The van der Waals surface area contributed by atoms with Crippen molar-refractivity contribution in [3.8, 4) is 11.3 Å². The summed E-state index contributed by atoms with van der Waals surface area (Å²) in [6.07, 6.45) is 0. The average molecular weight is 429 g/mol. The fourth-order valence-electron chi connectivity index (χ4n) is 2.77. The van der Waals surface area contributed by atoms with Crippen LogP contribution in [0.5, 0.6) is 0 Å². The van der Waals surface area contributed by atoms with Crippen molar-refractivity contribution >= 4 is 51.3 Å². The second-order valence-corrected chi connectivity index (χ2v) is 8.52.